The van der Waals surface area contributed by atoms with Crippen LogP contribution in [0.5, 0.6) is 0 Å². The number of aliphatic hydroxyl groups is 3. The van der Waals surface area contributed by atoms with Crippen LogP contribution in [0.15, 0.2) is 38.0 Å². The normalized spacial score (nSPS) is 8.17. The Morgan fingerprint density at radius 2 is 1.00 bits per heavy atom. The molecule has 3 heteroatoms. The van der Waals surface area contributed by atoms with Gasteiger partial charge in [-0.25, -0.2) is 0 Å². The molecule has 0 heterocycles. The fraction of sp³-hybridized carbons (Fsp3) is 0.600. The number of allylic oxidation sites excluding steroid dienone is 2. The van der Waals surface area contributed by atoms with Gasteiger partial charge < -0.3 is 15.3 Å². The van der Waals surface area contributed by atoms with E-state index in [4.69, 9.17) is 15.3 Å². The third kappa shape index (κ3) is 45.8. The van der Waals surface area contributed by atoms with Crippen molar-refractivity contribution >= 4 is 0 Å². The molecule has 0 aliphatic heterocycles. The number of hydrogen-bond donors (Lipinski definition) is 3. The number of unbranched alkanes of at least 4 members (excludes halogenated alkanes) is 3. The SMILES string of the molecule is C=CCCCCO.C=CCCCO.C=CCCO. The Morgan fingerprint density at radius 1 is 0.556 bits per heavy atom. The lowest BCUT2D eigenvalue weighted by Gasteiger charge is -1.87. The van der Waals surface area contributed by atoms with Gasteiger partial charge in [-0.15, -0.1) is 19.7 Å². The van der Waals surface area contributed by atoms with E-state index in [0.717, 1.165) is 32.1 Å². The predicted molar refractivity (Wildman–Crippen MR) is 79.6 cm³/mol. The van der Waals surface area contributed by atoms with Crippen molar-refractivity contribution in [1.82, 2.24) is 0 Å². The Morgan fingerprint density at radius 3 is 1.22 bits per heavy atom. The fourth-order valence-electron chi connectivity index (χ4n) is 0.727. The van der Waals surface area contributed by atoms with Gasteiger partial charge in [0.2, 0.25) is 0 Å². The van der Waals surface area contributed by atoms with Gasteiger partial charge in [-0.05, 0) is 38.5 Å². The molecule has 0 unspecified atom stereocenters. The highest BCUT2D eigenvalue weighted by Gasteiger charge is 1.78. The van der Waals surface area contributed by atoms with Crippen molar-refractivity contribution in [2.75, 3.05) is 19.8 Å². The van der Waals surface area contributed by atoms with E-state index in [-0.39, 0.29) is 13.2 Å². The molecule has 3 N–H and O–H groups in total. The molecule has 0 aromatic heterocycles. The fourth-order valence-corrected chi connectivity index (χ4v) is 0.727. The zero-order valence-electron chi connectivity index (χ0n) is 11.6. The maximum atomic E-state index is 8.26. The Labute approximate surface area is 112 Å². The quantitative estimate of drug-likeness (QED) is 0.440. The lowest BCUT2D eigenvalue weighted by Crippen LogP contribution is -1.79. The highest BCUT2D eigenvalue weighted by molar-refractivity contribution is 4.65. The van der Waals surface area contributed by atoms with Gasteiger partial charge in [0, 0.05) is 19.8 Å². The average Bonchev–Trinajstić information content (AvgIpc) is 2.39. The van der Waals surface area contributed by atoms with Crippen LogP contribution in [0, 0.1) is 0 Å². The third-order valence-corrected chi connectivity index (χ3v) is 1.72. The van der Waals surface area contributed by atoms with E-state index in [1.807, 2.05) is 6.08 Å². The van der Waals surface area contributed by atoms with Gasteiger partial charge in [-0.3, -0.25) is 0 Å². The molecule has 0 amide bonds. The van der Waals surface area contributed by atoms with E-state index in [2.05, 4.69) is 19.7 Å². The Bertz CT molecular complexity index is 156. The molecule has 0 fully saturated rings. The first-order chi connectivity index (χ1) is 8.74. The van der Waals surface area contributed by atoms with Crippen LogP contribution < -0.4 is 0 Å². The van der Waals surface area contributed by atoms with Crippen molar-refractivity contribution in [2.24, 2.45) is 0 Å². The van der Waals surface area contributed by atoms with Crippen LogP contribution in [0.25, 0.3) is 0 Å². The van der Waals surface area contributed by atoms with Crippen molar-refractivity contribution in [3.63, 3.8) is 0 Å². The maximum absolute atomic E-state index is 8.26. The second kappa shape index (κ2) is 29.8. The molecule has 0 aromatic carbocycles. The van der Waals surface area contributed by atoms with E-state index < -0.39 is 0 Å². The molecule has 0 atom stereocenters. The van der Waals surface area contributed by atoms with E-state index in [1.165, 1.54) is 0 Å². The van der Waals surface area contributed by atoms with Crippen LogP contribution in [0.3, 0.4) is 0 Å². The van der Waals surface area contributed by atoms with Gasteiger partial charge in [0.1, 0.15) is 0 Å². The van der Waals surface area contributed by atoms with Crippen molar-refractivity contribution in [1.29, 1.82) is 0 Å². The smallest absolute Gasteiger partial charge is 0.0465 e. The molecule has 0 rings (SSSR count). The summed E-state index contributed by atoms with van der Waals surface area (Å²) < 4.78 is 0. The van der Waals surface area contributed by atoms with Crippen molar-refractivity contribution < 1.29 is 15.3 Å². The van der Waals surface area contributed by atoms with E-state index in [1.54, 1.807) is 12.2 Å². The van der Waals surface area contributed by atoms with Crippen LogP contribution in [-0.2, 0) is 0 Å². The zero-order chi connectivity index (χ0) is 14.5. The molecule has 0 aromatic rings. The van der Waals surface area contributed by atoms with Crippen LogP contribution in [-0.4, -0.2) is 35.1 Å². The standard InChI is InChI=1S/C6H12O.C5H10O.C4H8O/c1-2-3-4-5-6-7;1-2-3-4-5-6;1-2-3-4-5/h2,7H,1,3-6H2;2,6H,1,3-5H2;2,5H,1,3-4H2. The lowest BCUT2D eigenvalue weighted by molar-refractivity contribution is 0.285. The highest BCUT2D eigenvalue weighted by atomic mass is 16.3. The molecule has 0 saturated heterocycles. The summed E-state index contributed by atoms with van der Waals surface area (Å²) in [5.41, 5.74) is 0. The van der Waals surface area contributed by atoms with Gasteiger partial charge in [-0.1, -0.05) is 18.2 Å². The summed E-state index contributed by atoms with van der Waals surface area (Å²) in [6.45, 7) is 11.3. The summed E-state index contributed by atoms with van der Waals surface area (Å²) in [5, 5.41) is 24.4. The molecular formula is C15H30O3. The topological polar surface area (TPSA) is 60.7 Å². The van der Waals surface area contributed by atoms with Crippen molar-refractivity contribution in [2.45, 2.75) is 38.5 Å². The van der Waals surface area contributed by atoms with Gasteiger partial charge >= 0.3 is 0 Å². The largest absolute Gasteiger partial charge is 0.396 e. The molecule has 0 spiro atoms. The van der Waals surface area contributed by atoms with Crippen LogP contribution in [0.1, 0.15) is 38.5 Å². The van der Waals surface area contributed by atoms with Gasteiger partial charge in [0.15, 0.2) is 0 Å². The minimum Gasteiger partial charge on any atom is -0.396 e. The summed E-state index contributed by atoms with van der Waals surface area (Å²) in [6, 6.07) is 0. The Kier molecular flexibility index (Phi) is 36.9. The second-order valence-electron chi connectivity index (χ2n) is 3.46. The summed E-state index contributed by atoms with van der Waals surface area (Å²) in [4.78, 5) is 0. The summed E-state index contributed by atoms with van der Waals surface area (Å²) >= 11 is 0. The Balaban J connectivity index is -0.000000190. The molecule has 3 nitrogen and oxygen atoms in total. The first-order valence-electron chi connectivity index (χ1n) is 6.40. The number of rotatable bonds is 9. The van der Waals surface area contributed by atoms with Gasteiger partial charge in [-0.2, -0.15) is 0 Å². The van der Waals surface area contributed by atoms with Crippen molar-refractivity contribution in [3.8, 4) is 0 Å². The molecule has 0 saturated carbocycles. The average molecular weight is 258 g/mol. The molecule has 0 aliphatic carbocycles. The van der Waals surface area contributed by atoms with E-state index in [9.17, 15) is 0 Å². The minimum atomic E-state index is 0.226. The molecule has 18 heavy (non-hydrogen) atoms. The molecule has 0 bridgehead atoms. The first kappa shape index (κ1) is 22.3. The van der Waals surface area contributed by atoms with Gasteiger partial charge in [0.25, 0.3) is 0 Å². The van der Waals surface area contributed by atoms with Crippen LogP contribution in [0.2, 0.25) is 0 Å². The Hall–Kier alpha value is -0.900. The molecular weight excluding hydrogens is 228 g/mol. The molecule has 0 aliphatic rings. The number of aliphatic hydroxyl groups excluding tert-OH is 3. The zero-order valence-corrected chi connectivity index (χ0v) is 11.6. The summed E-state index contributed by atoms with van der Waals surface area (Å²) in [7, 11) is 0. The highest BCUT2D eigenvalue weighted by Crippen LogP contribution is 1.92. The first-order valence-corrected chi connectivity index (χ1v) is 6.40. The minimum absolute atomic E-state index is 0.226. The van der Waals surface area contributed by atoms with E-state index >= 15 is 0 Å². The maximum Gasteiger partial charge on any atom is 0.0465 e. The molecule has 0 radical (unpaired) electrons. The second-order valence-corrected chi connectivity index (χ2v) is 3.46. The van der Waals surface area contributed by atoms with Crippen LogP contribution in [0.4, 0.5) is 0 Å². The monoisotopic (exact) mass is 258 g/mol. The molecule has 108 valence electrons. The van der Waals surface area contributed by atoms with Crippen molar-refractivity contribution in [3.05, 3.63) is 38.0 Å². The van der Waals surface area contributed by atoms with E-state index in [0.29, 0.717) is 13.0 Å². The lowest BCUT2D eigenvalue weighted by atomic mass is 10.2. The summed E-state index contributed by atoms with van der Waals surface area (Å²) in [6.07, 6.45) is 10.8. The third-order valence-electron chi connectivity index (χ3n) is 1.72. The van der Waals surface area contributed by atoms with Crippen LogP contribution >= 0.6 is 0 Å². The summed E-state index contributed by atoms with van der Waals surface area (Å²) in [5.74, 6) is 0. The predicted octanol–water partition coefficient (Wildman–Crippen LogP) is 2.83. The number of hydrogen-bond acceptors (Lipinski definition) is 3. The van der Waals surface area contributed by atoms with Gasteiger partial charge in [0.05, 0.1) is 0 Å².